The summed E-state index contributed by atoms with van der Waals surface area (Å²) < 4.78 is 11.2. The summed E-state index contributed by atoms with van der Waals surface area (Å²) in [5, 5.41) is 2.90. The van der Waals surface area contributed by atoms with Crippen LogP contribution in [-0.4, -0.2) is 62.2 Å². The standard InChI is InChI=1S/C27H33N3O4/c1-19(2)22-7-4-21(5-8-22)6-11-26(31)28-23-9-10-25-24(18-23)30(27(32)20(3)34-25)13-12-29-14-16-33-17-15-29/h4-11,18-20H,12-17H2,1-3H3,(H,28,31)/b11-6+. The molecule has 0 aliphatic carbocycles. The highest BCUT2D eigenvalue weighted by Gasteiger charge is 2.32. The van der Waals surface area contributed by atoms with Crippen molar-refractivity contribution in [2.45, 2.75) is 32.8 Å². The van der Waals surface area contributed by atoms with E-state index < -0.39 is 6.10 Å². The maximum atomic E-state index is 12.9. The van der Waals surface area contributed by atoms with Crippen molar-refractivity contribution in [3.05, 3.63) is 59.7 Å². The molecule has 180 valence electrons. The summed E-state index contributed by atoms with van der Waals surface area (Å²) in [5.41, 5.74) is 3.53. The van der Waals surface area contributed by atoms with Crippen LogP contribution in [0, 0.1) is 0 Å². The number of carbonyl (C=O) groups is 2. The molecule has 0 saturated carbocycles. The van der Waals surface area contributed by atoms with E-state index >= 15 is 0 Å². The highest BCUT2D eigenvalue weighted by atomic mass is 16.5. The van der Waals surface area contributed by atoms with Crippen LogP contribution in [0.25, 0.3) is 6.08 Å². The van der Waals surface area contributed by atoms with Gasteiger partial charge in [-0.1, -0.05) is 38.1 Å². The molecule has 0 aromatic heterocycles. The number of anilines is 2. The van der Waals surface area contributed by atoms with E-state index in [2.05, 4.69) is 36.2 Å². The van der Waals surface area contributed by atoms with Crippen LogP contribution < -0.4 is 15.0 Å². The molecule has 34 heavy (non-hydrogen) atoms. The Balaban J connectivity index is 1.43. The van der Waals surface area contributed by atoms with Gasteiger partial charge >= 0.3 is 0 Å². The Morgan fingerprint density at radius 2 is 1.85 bits per heavy atom. The van der Waals surface area contributed by atoms with Crippen LogP contribution in [0.5, 0.6) is 5.75 Å². The molecule has 2 aromatic carbocycles. The van der Waals surface area contributed by atoms with Gasteiger partial charge in [0.25, 0.3) is 5.91 Å². The minimum absolute atomic E-state index is 0.0750. The number of ether oxygens (including phenoxy) is 2. The predicted molar refractivity (Wildman–Crippen MR) is 134 cm³/mol. The molecule has 2 amide bonds. The Hall–Kier alpha value is -3.16. The molecular formula is C27H33N3O4. The average Bonchev–Trinajstić information content (AvgIpc) is 2.84. The normalized spacial score (nSPS) is 18.8. The molecule has 7 heteroatoms. The van der Waals surface area contributed by atoms with Gasteiger partial charge in [-0.15, -0.1) is 0 Å². The third kappa shape index (κ3) is 5.85. The Morgan fingerprint density at radius 1 is 1.12 bits per heavy atom. The van der Waals surface area contributed by atoms with Crippen molar-refractivity contribution in [2.24, 2.45) is 0 Å². The van der Waals surface area contributed by atoms with E-state index in [9.17, 15) is 9.59 Å². The van der Waals surface area contributed by atoms with Crippen LogP contribution >= 0.6 is 0 Å². The van der Waals surface area contributed by atoms with Crippen LogP contribution in [0.3, 0.4) is 0 Å². The van der Waals surface area contributed by atoms with Gasteiger partial charge in [-0.2, -0.15) is 0 Å². The van der Waals surface area contributed by atoms with Crippen molar-refractivity contribution in [1.29, 1.82) is 0 Å². The molecular weight excluding hydrogens is 430 g/mol. The minimum Gasteiger partial charge on any atom is -0.479 e. The number of benzene rings is 2. The number of hydrogen-bond acceptors (Lipinski definition) is 5. The molecule has 0 radical (unpaired) electrons. The Bertz CT molecular complexity index is 1040. The summed E-state index contributed by atoms with van der Waals surface area (Å²) in [6.45, 7) is 10.6. The summed E-state index contributed by atoms with van der Waals surface area (Å²) in [6, 6.07) is 13.6. The fraction of sp³-hybridized carbons (Fsp3) is 0.407. The van der Waals surface area contributed by atoms with Crippen LogP contribution in [0.4, 0.5) is 11.4 Å². The maximum absolute atomic E-state index is 12.9. The lowest BCUT2D eigenvalue weighted by molar-refractivity contribution is -0.125. The van der Waals surface area contributed by atoms with Gasteiger partial charge in [0, 0.05) is 37.9 Å². The molecule has 1 fully saturated rings. The smallest absolute Gasteiger partial charge is 0.267 e. The molecule has 0 spiro atoms. The van der Waals surface area contributed by atoms with Gasteiger partial charge in [0.05, 0.1) is 18.9 Å². The second-order valence-corrected chi connectivity index (χ2v) is 9.03. The third-order valence-electron chi connectivity index (χ3n) is 6.21. The lowest BCUT2D eigenvalue weighted by Gasteiger charge is -2.35. The molecule has 4 rings (SSSR count). The fourth-order valence-corrected chi connectivity index (χ4v) is 4.13. The predicted octanol–water partition coefficient (Wildman–Crippen LogP) is 3.91. The summed E-state index contributed by atoms with van der Waals surface area (Å²) in [6.07, 6.45) is 2.77. The lowest BCUT2D eigenvalue weighted by Crippen LogP contribution is -2.48. The SMILES string of the molecule is CC1Oc2ccc(NC(=O)/C=C/c3ccc(C(C)C)cc3)cc2N(CCN2CCOCC2)C1=O. The van der Waals surface area contributed by atoms with E-state index in [0.717, 1.165) is 38.4 Å². The molecule has 2 aromatic rings. The second-order valence-electron chi connectivity index (χ2n) is 9.03. The zero-order valence-electron chi connectivity index (χ0n) is 20.1. The summed E-state index contributed by atoms with van der Waals surface area (Å²) in [7, 11) is 0. The molecule has 7 nitrogen and oxygen atoms in total. The summed E-state index contributed by atoms with van der Waals surface area (Å²) in [5.74, 6) is 0.809. The topological polar surface area (TPSA) is 71.1 Å². The first-order chi connectivity index (χ1) is 16.4. The van der Waals surface area contributed by atoms with Crippen LogP contribution in [0.1, 0.15) is 37.8 Å². The molecule has 2 heterocycles. The molecule has 2 aliphatic rings. The van der Waals surface area contributed by atoms with Gasteiger partial charge in [0.2, 0.25) is 5.91 Å². The zero-order valence-corrected chi connectivity index (χ0v) is 20.1. The Labute approximate surface area is 201 Å². The number of carbonyl (C=O) groups excluding carboxylic acids is 2. The third-order valence-corrected chi connectivity index (χ3v) is 6.21. The summed E-state index contributed by atoms with van der Waals surface area (Å²) >= 11 is 0. The largest absolute Gasteiger partial charge is 0.479 e. The zero-order chi connectivity index (χ0) is 24.1. The first-order valence-corrected chi connectivity index (χ1v) is 11.9. The molecule has 1 unspecified atom stereocenters. The molecule has 1 saturated heterocycles. The highest BCUT2D eigenvalue weighted by Crippen LogP contribution is 2.36. The lowest BCUT2D eigenvalue weighted by atomic mass is 10.0. The quantitative estimate of drug-likeness (QED) is 0.631. The van der Waals surface area contributed by atoms with E-state index in [1.807, 2.05) is 24.3 Å². The van der Waals surface area contributed by atoms with Crippen molar-refractivity contribution < 1.29 is 19.1 Å². The number of hydrogen-bond donors (Lipinski definition) is 1. The minimum atomic E-state index is -0.539. The van der Waals surface area contributed by atoms with Crippen LogP contribution in [0.2, 0.25) is 0 Å². The van der Waals surface area contributed by atoms with E-state index in [1.54, 1.807) is 24.0 Å². The number of amides is 2. The average molecular weight is 464 g/mol. The van der Waals surface area contributed by atoms with Crippen molar-refractivity contribution >= 4 is 29.3 Å². The second kappa shape index (κ2) is 10.8. The van der Waals surface area contributed by atoms with Crippen molar-refractivity contribution in [3.8, 4) is 5.75 Å². The van der Waals surface area contributed by atoms with Gasteiger partial charge in [0.1, 0.15) is 5.75 Å². The van der Waals surface area contributed by atoms with E-state index in [4.69, 9.17) is 9.47 Å². The van der Waals surface area contributed by atoms with Crippen LogP contribution in [-0.2, 0) is 14.3 Å². The summed E-state index contributed by atoms with van der Waals surface area (Å²) in [4.78, 5) is 29.5. The van der Waals surface area contributed by atoms with E-state index in [-0.39, 0.29) is 11.8 Å². The number of nitrogens with zero attached hydrogens (tertiary/aromatic N) is 2. The molecule has 1 N–H and O–H groups in total. The first-order valence-electron chi connectivity index (χ1n) is 11.9. The van der Waals surface area contributed by atoms with Crippen molar-refractivity contribution in [2.75, 3.05) is 49.6 Å². The van der Waals surface area contributed by atoms with Crippen LogP contribution in [0.15, 0.2) is 48.5 Å². The van der Waals surface area contributed by atoms with Gasteiger partial charge < -0.3 is 19.7 Å². The fourth-order valence-electron chi connectivity index (χ4n) is 4.13. The first kappa shape index (κ1) is 24.0. The molecule has 1 atom stereocenters. The van der Waals surface area contributed by atoms with E-state index in [1.165, 1.54) is 11.6 Å². The maximum Gasteiger partial charge on any atom is 0.267 e. The molecule has 2 aliphatic heterocycles. The van der Waals surface area contributed by atoms with Gasteiger partial charge in [-0.05, 0) is 48.2 Å². The number of fused-ring (bicyclic) bond motifs is 1. The van der Waals surface area contributed by atoms with Crippen molar-refractivity contribution in [3.63, 3.8) is 0 Å². The number of rotatable bonds is 7. The Morgan fingerprint density at radius 3 is 2.56 bits per heavy atom. The molecule has 0 bridgehead atoms. The monoisotopic (exact) mass is 463 g/mol. The van der Waals surface area contributed by atoms with Gasteiger partial charge in [0.15, 0.2) is 6.10 Å². The van der Waals surface area contributed by atoms with E-state index in [0.29, 0.717) is 29.6 Å². The van der Waals surface area contributed by atoms with Gasteiger partial charge in [-0.25, -0.2) is 0 Å². The highest BCUT2D eigenvalue weighted by molar-refractivity contribution is 6.04. The number of nitrogens with one attached hydrogen (secondary N) is 1. The van der Waals surface area contributed by atoms with Gasteiger partial charge in [-0.3, -0.25) is 14.5 Å². The Kier molecular flexibility index (Phi) is 7.65. The van der Waals surface area contributed by atoms with Crippen molar-refractivity contribution in [1.82, 2.24) is 4.90 Å². The number of morpholine rings is 1.